The quantitative estimate of drug-likeness (QED) is 0.794. The number of halogens is 4. The Labute approximate surface area is 129 Å². The van der Waals surface area contributed by atoms with E-state index in [4.69, 9.17) is 16.7 Å². The van der Waals surface area contributed by atoms with E-state index in [-0.39, 0.29) is 5.02 Å². The molecule has 2 aromatic carbocycles. The Morgan fingerprint density at radius 1 is 1.09 bits per heavy atom. The molecule has 0 aromatic heterocycles. The summed E-state index contributed by atoms with van der Waals surface area (Å²) < 4.78 is 38.1. The van der Waals surface area contributed by atoms with Crippen molar-refractivity contribution in [2.24, 2.45) is 0 Å². The molecule has 0 fully saturated rings. The van der Waals surface area contributed by atoms with E-state index in [0.29, 0.717) is 16.7 Å². The average Bonchev–Trinajstić information content (AvgIpc) is 2.45. The van der Waals surface area contributed by atoms with Gasteiger partial charge in [0.25, 0.3) is 0 Å². The molecular weight excluding hydrogens is 317 g/mol. The Balaban J connectivity index is 2.38. The van der Waals surface area contributed by atoms with Gasteiger partial charge < -0.3 is 5.11 Å². The Kier molecular flexibility index (Phi) is 4.56. The van der Waals surface area contributed by atoms with Crippen LogP contribution < -0.4 is 0 Å². The zero-order valence-corrected chi connectivity index (χ0v) is 11.8. The molecular formula is C16H10ClF3O2. The van der Waals surface area contributed by atoms with Crippen LogP contribution in [0.2, 0.25) is 5.02 Å². The third-order valence-corrected chi connectivity index (χ3v) is 3.26. The molecule has 0 spiro atoms. The summed E-state index contributed by atoms with van der Waals surface area (Å²) in [5.74, 6) is -1.11. The van der Waals surface area contributed by atoms with Crippen molar-refractivity contribution < 1.29 is 23.1 Å². The molecule has 0 heterocycles. The van der Waals surface area contributed by atoms with Crippen LogP contribution in [0.25, 0.3) is 17.2 Å². The highest BCUT2D eigenvalue weighted by Gasteiger charge is 2.30. The lowest BCUT2D eigenvalue weighted by Crippen LogP contribution is -2.04. The molecule has 6 heteroatoms. The molecule has 2 rings (SSSR count). The van der Waals surface area contributed by atoms with Crippen LogP contribution >= 0.6 is 11.6 Å². The lowest BCUT2D eigenvalue weighted by Gasteiger charge is -2.09. The smallest absolute Gasteiger partial charge is 0.416 e. The second-order valence-electron chi connectivity index (χ2n) is 4.49. The van der Waals surface area contributed by atoms with Crippen molar-refractivity contribution in [3.63, 3.8) is 0 Å². The number of hydrogen-bond acceptors (Lipinski definition) is 1. The van der Waals surface area contributed by atoms with Gasteiger partial charge >= 0.3 is 12.1 Å². The second-order valence-corrected chi connectivity index (χ2v) is 4.89. The van der Waals surface area contributed by atoms with Crippen molar-refractivity contribution in [1.29, 1.82) is 0 Å². The Morgan fingerprint density at radius 3 is 2.36 bits per heavy atom. The van der Waals surface area contributed by atoms with E-state index in [1.807, 2.05) is 0 Å². The maximum absolute atomic E-state index is 12.7. The number of alkyl halides is 3. The van der Waals surface area contributed by atoms with E-state index >= 15 is 0 Å². The van der Waals surface area contributed by atoms with Crippen molar-refractivity contribution in [3.8, 4) is 11.1 Å². The Bertz CT molecular complexity index is 736. The first-order chi connectivity index (χ1) is 10.3. The molecule has 0 radical (unpaired) electrons. The van der Waals surface area contributed by atoms with Crippen molar-refractivity contribution in [2.45, 2.75) is 6.18 Å². The summed E-state index contributed by atoms with van der Waals surface area (Å²) in [6, 6.07) is 9.55. The molecule has 0 bridgehead atoms. The van der Waals surface area contributed by atoms with Gasteiger partial charge in [-0.3, -0.25) is 0 Å². The summed E-state index contributed by atoms with van der Waals surface area (Å²) in [6.45, 7) is 0. The van der Waals surface area contributed by atoms with Crippen LogP contribution in [0.4, 0.5) is 13.2 Å². The Morgan fingerprint density at radius 2 is 1.77 bits per heavy atom. The summed E-state index contributed by atoms with van der Waals surface area (Å²) >= 11 is 6.03. The SMILES string of the molecule is O=C(O)C=Cc1ccc(-c2cccc(C(F)(F)F)c2)cc1Cl. The Hall–Kier alpha value is -2.27. The first kappa shape index (κ1) is 16.1. The van der Waals surface area contributed by atoms with E-state index in [1.54, 1.807) is 18.2 Å². The molecule has 22 heavy (non-hydrogen) atoms. The number of rotatable bonds is 3. The van der Waals surface area contributed by atoms with Crippen molar-refractivity contribution in [3.05, 3.63) is 64.7 Å². The van der Waals surface area contributed by atoms with Gasteiger partial charge in [0.2, 0.25) is 0 Å². The molecule has 2 aromatic rings. The van der Waals surface area contributed by atoms with Crippen molar-refractivity contribution in [2.75, 3.05) is 0 Å². The van der Waals surface area contributed by atoms with E-state index in [2.05, 4.69) is 0 Å². The van der Waals surface area contributed by atoms with Crippen LogP contribution in [0.1, 0.15) is 11.1 Å². The molecule has 0 aliphatic heterocycles. The normalized spacial score (nSPS) is 11.8. The van der Waals surface area contributed by atoms with Crippen LogP contribution in [0.3, 0.4) is 0 Å². The summed E-state index contributed by atoms with van der Waals surface area (Å²) in [6.07, 6.45) is -2.16. The van der Waals surface area contributed by atoms with Gasteiger partial charge in [0, 0.05) is 11.1 Å². The molecule has 0 unspecified atom stereocenters. The second kappa shape index (κ2) is 6.23. The number of aliphatic carboxylic acids is 1. The van der Waals surface area contributed by atoms with Gasteiger partial charge in [-0.15, -0.1) is 0 Å². The van der Waals surface area contributed by atoms with Crippen LogP contribution in [-0.2, 0) is 11.0 Å². The highest BCUT2D eigenvalue weighted by atomic mass is 35.5. The van der Waals surface area contributed by atoms with E-state index in [1.165, 1.54) is 18.2 Å². The first-order valence-electron chi connectivity index (χ1n) is 6.15. The van der Waals surface area contributed by atoms with Crippen LogP contribution in [0.5, 0.6) is 0 Å². The standard InChI is InChI=1S/C16H10ClF3O2/c17-14-9-12(5-4-10(14)6-7-15(21)22)11-2-1-3-13(8-11)16(18,19)20/h1-9H,(H,21,22). The van der Waals surface area contributed by atoms with Gasteiger partial charge in [-0.05, 0) is 41.0 Å². The maximum Gasteiger partial charge on any atom is 0.416 e. The minimum absolute atomic E-state index is 0.257. The summed E-state index contributed by atoms with van der Waals surface area (Å²) in [5, 5.41) is 8.83. The highest BCUT2D eigenvalue weighted by molar-refractivity contribution is 6.32. The van der Waals surface area contributed by atoms with Crippen molar-refractivity contribution >= 4 is 23.6 Å². The lowest BCUT2D eigenvalue weighted by atomic mass is 10.0. The van der Waals surface area contributed by atoms with E-state index < -0.39 is 17.7 Å². The molecule has 2 nitrogen and oxygen atoms in total. The summed E-state index contributed by atoms with van der Waals surface area (Å²) in [4.78, 5) is 10.5. The third-order valence-electron chi connectivity index (χ3n) is 2.93. The largest absolute Gasteiger partial charge is 0.478 e. The topological polar surface area (TPSA) is 37.3 Å². The number of carboxylic acids is 1. The molecule has 0 aliphatic rings. The average molecular weight is 327 g/mol. The first-order valence-corrected chi connectivity index (χ1v) is 6.53. The van der Waals surface area contributed by atoms with Crippen molar-refractivity contribution in [1.82, 2.24) is 0 Å². The third kappa shape index (κ3) is 3.89. The molecule has 1 N–H and O–H groups in total. The zero-order valence-electron chi connectivity index (χ0n) is 11.1. The fraction of sp³-hybridized carbons (Fsp3) is 0.0625. The number of hydrogen-bond donors (Lipinski definition) is 1. The highest BCUT2D eigenvalue weighted by Crippen LogP contribution is 2.33. The lowest BCUT2D eigenvalue weighted by molar-refractivity contribution is -0.137. The van der Waals surface area contributed by atoms with Gasteiger partial charge in [-0.1, -0.05) is 35.9 Å². The van der Waals surface area contributed by atoms with Crippen LogP contribution in [0.15, 0.2) is 48.5 Å². The maximum atomic E-state index is 12.7. The summed E-state index contributed by atoms with van der Waals surface area (Å²) in [5.41, 5.74) is 0.629. The minimum Gasteiger partial charge on any atom is -0.478 e. The summed E-state index contributed by atoms with van der Waals surface area (Å²) in [7, 11) is 0. The molecule has 0 amide bonds. The zero-order chi connectivity index (χ0) is 16.3. The molecule has 0 saturated carbocycles. The number of benzene rings is 2. The van der Waals surface area contributed by atoms with Gasteiger partial charge in [0.1, 0.15) is 0 Å². The van der Waals surface area contributed by atoms with Gasteiger partial charge in [0.05, 0.1) is 5.56 Å². The van der Waals surface area contributed by atoms with Crippen LogP contribution in [-0.4, -0.2) is 11.1 Å². The predicted octanol–water partition coefficient (Wildman–Crippen LogP) is 5.12. The fourth-order valence-corrected chi connectivity index (χ4v) is 2.12. The molecule has 114 valence electrons. The van der Waals surface area contributed by atoms with Crippen LogP contribution in [0, 0.1) is 0 Å². The molecule has 0 saturated heterocycles. The monoisotopic (exact) mass is 326 g/mol. The van der Waals surface area contributed by atoms with Gasteiger partial charge in [-0.2, -0.15) is 13.2 Å². The predicted molar refractivity (Wildman–Crippen MR) is 78.6 cm³/mol. The number of carbonyl (C=O) groups is 1. The number of carboxylic acid groups (broad SMARTS) is 1. The van der Waals surface area contributed by atoms with Gasteiger partial charge in [-0.25, -0.2) is 4.79 Å². The fourth-order valence-electron chi connectivity index (χ4n) is 1.88. The van der Waals surface area contributed by atoms with E-state index in [9.17, 15) is 18.0 Å². The molecule has 0 atom stereocenters. The van der Waals surface area contributed by atoms with Gasteiger partial charge in [0.15, 0.2) is 0 Å². The van der Waals surface area contributed by atoms with E-state index in [0.717, 1.165) is 18.2 Å². The molecule has 0 aliphatic carbocycles. The minimum atomic E-state index is -4.41.